The molecule has 2 rings (SSSR count). The summed E-state index contributed by atoms with van der Waals surface area (Å²) >= 11 is 2.00. The van der Waals surface area contributed by atoms with Gasteiger partial charge in [0, 0.05) is 17.5 Å². The summed E-state index contributed by atoms with van der Waals surface area (Å²) in [7, 11) is -3.17. The van der Waals surface area contributed by atoms with Crippen molar-refractivity contribution >= 4 is 27.3 Å². The molecule has 0 saturated heterocycles. The van der Waals surface area contributed by atoms with E-state index in [2.05, 4.69) is 12.2 Å². The third kappa shape index (κ3) is 3.89. The molecule has 0 aromatic heterocycles. The van der Waals surface area contributed by atoms with Gasteiger partial charge in [-0.3, -0.25) is 0 Å². The van der Waals surface area contributed by atoms with Gasteiger partial charge in [-0.05, 0) is 37.1 Å². The van der Waals surface area contributed by atoms with Crippen LogP contribution in [0.4, 0.5) is 5.69 Å². The number of rotatable bonds is 5. The average Bonchev–Trinajstić information content (AvgIpc) is 2.76. The Kier molecular flexibility index (Phi) is 4.79. The van der Waals surface area contributed by atoms with E-state index in [-0.39, 0.29) is 0 Å². The molecule has 0 spiro atoms. The van der Waals surface area contributed by atoms with Crippen molar-refractivity contribution in [2.75, 3.05) is 17.3 Å². The lowest BCUT2D eigenvalue weighted by Gasteiger charge is -2.17. The average molecular weight is 299 g/mol. The summed E-state index contributed by atoms with van der Waals surface area (Å²) in [6, 6.07) is 7.57. The van der Waals surface area contributed by atoms with Gasteiger partial charge in [-0.25, -0.2) is 8.42 Å². The lowest BCUT2D eigenvalue weighted by Crippen LogP contribution is -2.18. The summed E-state index contributed by atoms with van der Waals surface area (Å²) in [5.74, 6) is 1.15. The van der Waals surface area contributed by atoms with E-state index in [1.807, 2.05) is 23.9 Å². The zero-order chi connectivity index (χ0) is 13.9. The number of hydrogen-bond acceptors (Lipinski definition) is 4. The van der Waals surface area contributed by atoms with E-state index < -0.39 is 9.84 Å². The second kappa shape index (κ2) is 6.18. The monoisotopic (exact) mass is 299 g/mol. The fourth-order valence-corrected chi connectivity index (χ4v) is 4.58. The molecule has 1 aromatic carbocycles. The second-order valence-corrected chi connectivity index (χ2v) is 8.56. The van der Waals surface area contributed by atoms with Crippen LogP contribution in [0.5, 0.6) is 0 Å². The van der Waals surface area contributed by atoms with Crippen LogP contribution in [0.3, 0.4) is 0 Å². The molecule has 3 nitrogen and oxygen atoms in total. The SMILES string of the molecule is CCSC1CCC(Nc2ccccc2S(C)(=O)=O)C1. The Morgan fingerprint density at radius 2 is 2.05 bits per heavy atom. The molecule has 1 aliphatic carbocycles. The predicted molar refractivity (Wildman–Crippen MR) is 82.7 cm³/mol. The minimum atomic E-state index is -3.17. The van der Waals surface area contributed by atoms with Crippen molar-refractivity contribution < 1.29 is 8.42 Å². The normalized spacial score (nSPS) is 23.5. The van der Waals surface area contributed by atoms with Crippen molar-refractivity contribution in [1.82, 2.24) is 0 Å². The molecule has 0 bridgehead atoms. The highest BCUT2D eigenvalue weighted by Gasteiger charge is 2.25. The number of anilines is 1. The molecule has 1 aliphatic rings. The maximum Gasteiger partial charge on any atom is 0.177 e. The van der Waals surface area contributed by atoms with Crippen LogP contribution in [0.2, 0.25) is 0 Å². The first-order valence-corrected chi connectivity index (χ1v) is 9.62. The number of thioether (sulfide) groups is 1. The van der Waals surface area contributed by atoms with Crippen LogP contribution in [-0.4, -0.2) is 31.7 Å². The molecule has 0 radical (unpaired) electrons. The Balaban J connectivity index is 2.09. The van der Waals surface area contributed by atoms with E-state index in [0.717, 1.165) is 24.3 Å². The summed E-state index contributed by atoms with van der Waals surface area (Å²) in [6.07, 6.45) is 4.72. The Morgan fingerprint density at radius 1 is 1.32 bits per heavy atom. The van der Waals surface area contributed by atoms with Crippen LogP contribution in [0, 0.1) is 0 Å². The third-order valence-corrected chi connectivity index (χ3v) is 5.82. The van der Waals surface area contributed by atoms with E-state index in [0.29, 0.717) is 16.2 Å². The molecule has 106 valence electrons. The van der Waals surface area contributed by atoms with Crippen LogP contribution >= 0.6 is 11.8 Å². The molecule has 1 aromatic rings. The van der Waals surface area contributed by atoms with E-state index in [4.69, 9.17) is 0 Å². The minimum Gasteiger partial charge on any atom is -0.381 e. The topological polar surface area (TPSA) is 46.2 Å². The Labute approximate surface area is 120 Å². The number of benzene rings is 1. The van der Waals surface area contributed by atoms with Gasteiger partial charge in [-0.15, -0.1) is 0 Å². The second-order valence-electron chi connectivity index (χ2n) is 5.00. The highest BCUT2D eigenvalue weighted by atomic mass is 32.2. The molecule has 19 heavy (non-hydrogen) atoms. The van der Waals surface area contributed by atoms with Crippen molar-refractivity contribution in [3.05, 3.63) is 24.3 Å². The van der Waals surface area contributed by atoms with Crippen LogP contribution in [0.1, 0.15) is 26.2 Å². The zero-order valence-corrected chi connectivity index (χ0v) is 13.1. The maximum atomic E-state index is 11.8. The Bertz CT molecular complexity index is 528. The van der Waals surface area contributed by atoms with Crippen LogP contribution in [-0.2, 0) is 9.84 Å². The summed E-state index contributed by atoms with van der Waals surface area (Å²) in [5.41, 5.74) is 0.747. The van der Waals surface area contributed by atoms with Gasteiger partial charge in [0.15, 0.2) is 9.84 Å². The van der Waals surface area contributed by atoms with Crippen molar-refractivity contribution in [2.24, 2.45) is 0 Å². The molecule has 2 unspecified atom stereocenters. The first kappa shape index (κ1) is 14.7. The zero-order valence-electron chi connectivity index (χ0n) is 11.4. The number of sulfone groups is 1. The van der Waals surface area contributed by atoms with Gasteiger partial charge < -0.3 is 5.32 Å². The summed E-state index contributed by atoms with van der Waals surface area (Å²) in [5, 5.41) is 4.13. The number of para-hydroxylation sites is 1. The first-order valence-electron chi connectivity index (χ1n) is 6.68. The molecule has 5 heteroatoms. The number of hydrogen-bond donors (Lipinski definition) is 1. The Hall–Kier alpha value is -0.680. The fourth-order valence-electron chi connectivity index (χ4n) is 2.59. The van der Waals surface area contributed by atoms with Gasteiger partial charge in [0.1, 0.15) is 0 Å². The highest BCUT2D eigenvalue weighted by Crippen LogP contribution is 2.32. The van der Waals surface area contributed by atoms with Crippen molar-refractivity contribution in [2.45, 2.75) is 42.4 Å². The van der Waals surface area contributed by atoms with Crippen LogP contribution in [0.15, 0.2) is 29.2 Å². The first-order chi connectivity index (χ1) is 9.00. The minimum absolute atomic E-state index is 0.395. The lowest BCUT2D eigenvalue weighted by atomic mass is 10.2. The largest absolute Gasteiger partial charge is 0.381 e. The molecule has 0 amide bonds. The smallest absolute Gasteiger partial charge is 0.177 e. The maximum absolute atomic E-state index is 11.8. The van der Waals surface area contributed by atoms with Gasteiger partial charge in [-0.2, -0.15) is 11.8 Å². The van der Waals surface area contributed by atoms with E-state index in [1.165, 1.54) is 12.7 Å². The predicted octanol–water partition coefficient (Wildman–Crippen LogP) is 3.18. The van der Waals surface area contributed by atoms with Gasteiger partial charge in [0.2, 0.25) is 0 Å². The highest BCUT2D eigenvalue weighted by molar-refractivity contribution is 7.99. The van der Waals surface area contributed by atoms with Crippen molar-refractivity contribution in [1.29, 1.82) is 0 Å². The lowest BCUT2D eigenvalue weighted by molar-refractivity contribution is 0.602. The van der Waals surface area contributed by atoms with E-state index in [1.54, 1.807) is 12.1 Å². The molecule has 0 aliphatic heterocycles. The van der Waals surface area contributed by atoms with E-state index >= 15 is 0 Å². The molecule has 1 fully saturated rings. The third-order valence-electron chi connectivity index (χ3n) is 3.43. The summed E-state index contributed by atoms with van der Waals surface area (Å²) in [4.78, 5) is 0.404. The van der Waals surface area contributed by atoms with Gasteiger partial charge in [0.25, 0.3) is 0 Å². The Morgan fingerprint density at radius 3 is 2.74 bits per heavy atom. The summed E-state index contributed by atoms with van der Waals surface area (Å²) in [6.45, 7) is 2.18. The number of nitrogens with one attached hydrogen (secondary N) is 1. The molecule has 0 heterocycles. The van der Waals surface area contributed by atoms with E-state index in [9.17, 15) is 8.42 Å². The van der Waals surface area contributed by atoms with Crippen LogP contribution in [0.25, 0.3) is 0 Å². The van der Waals surface area contributed by atoms with Crippen molar-refractivity contribution in [3.63, 3.8) is 0 Å². The molecular formula is C14H21NO2S2. The molecule has 1 saturated carbocycles. The van der Waals surface area contributed by atoms with Gasteiger partial charge in [0.05, 0.1) is 10.6 Å². The summed E-state index contributed by atoms with van der Waals surface area (Å²) < 4.78 is 23.5. The molecular weight excluding hydrogens is 278 g/mol. The standard InChI is InChI=1S/C14H21NO2S2/c1-3-18-12-9-8-11(10-12)15-13-6-4-5-7-14(13)19(2,16)17/h4-7,11-12,15H,3,8-10H2,1-2H3. The van der Waals surface area contributed by atoms with Gasteiger partial charge >= 0.3 is 0 Å². The fraction of sp³-hybridized carbons (Fsp3) is 0.571. The van der Waals surface area contributed by atoms with Crippen LogP contribution < -0.4 is 5.32 Å². The van der Waals surface area contributed by atoms with Crippen molar-refractivity contribution in [3.8, 4) is 0 Å². The quantitative estimate of drug-likeness (QED) is 0.907. The van der Waals surface area contributed by atoms with Gasteiger partial charge in [-0.1, -0.05) is 19.1 Å². The molecule has 2 atom stereocenters. The molecule has 1 N–H and O–H groups in total.